The Labute approximate surface area is 222 Å². The molecule has 1 heterocycles. The molecule has 0 aliphatic carbocycles. The van der Waals surface area contributed by atoms with Crippen molar-refractivity contribution in [1.29, 1.82) is 0 Å². The number of alkyl halides is 3. The summed E-state index contributed by atoms with van der Waals surface area (Å²) in [6, 6.07) is 20.9. The molecule has 8 nitrogen and oxygen atoms in total. The predicted octanol–water partition coefficient (Wildman–Crippen LogP) is 4.90. The average molecular weight is 540 g/mol. The number of anilines is 1. The second kappa shape index (κ2) is 11.7. The number of thiocarbonyl (C=S) groups is 1. The number of nitrogens with zero attached hydrogens (tertiary/aromatic N) is 5. The van der Waals surface area contributed by atoms with Gasteiger partial charge in [0.1, 0.15) is 12.1 Å². The summed E-state index contributed by atoms with van der Waals surface area (Å²) in [5.41, 5.74) is 7.16. The van der Waals surface area contributed by atoms with Crippen molar-refractivity contribution in [3.05, 3.63) is 90.3 Å². The van der Waals surface area contributed by atoms with Gasteiger partial charge in [-0.05, 0) is 59.7 Å². The van der Waals surface area contributed by atoms with E-state index in [1.807, 2.05) is 61.5 Å². The van der Waals surface area contributed by atoms with Gasteiger partial charge in [-0.25, -0.2) is 9.67 Å². The lowest BCUT2D eigenvalue weighted by atomic mass is 10.1. The van der Waals surface area contributed by atoms with Crippen LogP contribution in [0.25, 0.3) is 17.1 Å². The van der Waals surface area contributed by atoms with Crippen molar-refractivity contribution in [2.75, 3.05) is 19.0 Å². The van der Waals surface area contributed by atoms with Crippen LogP contribution in [0.4, 0.5) is 18.9 Å². The quantitative estimate of drug-likeness (QED) is 0.187. The predicted molar refractivity (Wildman–Crippen MR) is 144 cm³/mol. The molecule has 4 aromatic rings. The highest BCUT2D eigenvalue weighted by atomic mass is 32.1. The van der Waals surface area contributed by atoms with Crippen molar-refractivity contribution in [3.63, 3.8) is 0 Å². The second-order valence-electron chi connectivity index (χ2n) is 8.29. The summed E-state index contributed by atoms with van der Waals surface area (Å²) in [5, 5.41) is 12.1. The summed E-state index contributed by atoms with van der Waals surface area (Å²) in [6.07, 6.45) is -1.61. The molecular formula is C26H24F3N7OS. The molecule has 196 valence electrons. The first-order valence-corrected chi connectivity index (χ1v) is 11.8. The van der Waals surface area contributed by atoms with Gasteiger partial charge in [-0.2, -0.15) is 5.10 Å². The minimum absolute atomic E-state index is 0.306. The Morgan fingerprint density at radius 3 is 2.50 bits per heavy atom. The Kier molecular flexibility index (Phi) is 8.22. The molecule has 0 bridgehead atoms. The monoisotopic (exact) mass is 539 g/mol. The van der Waals surface area contributed by atoms with Crippen molar-refractivity contribution in [2.24, 2.45) is 5.10 Å². The number of rotatable bonds is 8. The molecule has 0 fully saturated rings. The first-order valence-electron chi connectivity index (χ1n) is 11.4. The highest BCUT2D eigenvalue weighted by Crippen LogP contribution is 2.24. The van der Waals surface area contributed by atoms with E-state index < -0.39 is 6.36 Å². The largest absolute Gasteiger partial charge is 0.573 e. The Morgan fingerprint density at radius 1 is 1.08 bits per heavy atom. The number of ether oxygens (including phenoxy) is 1. The highest BCUT2D eigenvalue weighted by Gasteiger charge is 2.31. The summed E-state index contributed by atoms with van der Waals surface area (Å²) in [6.45, 7) is 0.572. The van der Waals surface area contributed by atoms with Crippen LogP contribution in [0.15, 0.2) is 84.2 Å². The van der Waals surface area contributed by atoms with Crippen LogP contribution in [0.1, 0.15) is 11.1 Å². The fourth-order valence-electron chi connectivity index (χ4n) is 3.37. The number of aromatic nitrogens is 3. The molecule has 0 radical (unpaired) electrons. The molecule has 38 heavy (non-hydrogen) atoms. The Morgan fingerprint density at radius 2 is 1.82 bits per heavy atom. The first-order chi connectivity index (χ1) is 18.2. The number of hydrazone groups is 1. The van der Waals surface area contributed by atoms with E-state index in [-0.39, 0.29) is 5.75 Å². The second-order valence-corrected chi connectivity index (χ2v) is 8.70. The van der Waals surface area contributed by atoms with Crippen LogP contribution in [0.5, 0.6) is 5.75 Å². The zero-order valence-corrected chi connectivity index (χ0v) is 21.3. The zero-order valence-electron chi connectivity index (χ0n) is 20.5. The van der Waals surface area contributed by atoms with Gasteiger partial charge in [0.15, 0.2) is 10.9 Å². The molecule has 0 amide bonds. The van der Waals surface area contributed by atoms with Crippen molar-refractivity contribution >= 4 is 29.2 Å². The maximum Gasteiger partial charge on any atom is 0.573 e. The van der Waals surface area contributed by atoms with Gasteiger partial charge < -0.3 is 15.0 Å². The van der Waals surface area contributed by atoms with Gasteiger partial charge in [0.25, 0.3) is 0 Å². The minimum atomic E-state index is -4.74. The number of halogens is 3. The van der Waals surface area contributed by atoms with E-state index in [2.05, 4.69) is 36.7 Å². The van der Waals surface area contributed by atoms with E-state index in [0.29, 0.717) is 23.2 Å². The van der Waals surface area contributed by atoms with E-state index in [1.54, 1.807) is 6.21 Å². The number of nitrogens with one attached hydrogen (secondary N) is 2. The van der Waals surface area contributed by atoms with Crippen LogP contribution >= 0.6 is 12.2 Å². The van der Waals surface area contributed by atoms with Crippen LogP contribution in [0.2, 0.25) is 0 Å². The summed E-state index contributed by atoms with van der Waals surface area (Å²) in [4.78, 5) is 6.32. The zero-order chi connectivity index (χ0) is 27.1. The fourth-order valence-corrected chi connectivity index (χ4v) is 3.50. The van der Waals surface area contributed by atoms with E-state index in [4.69, 9.17) is 12.2 Å². The van der Waals surface area contributed by atoms with Gasteiger partial charge in [-0.3, -0.25) is 5.43 Å². The molecule has 0 aliphatic rings. The van der Waals surface area contributed by atoms with Gasteiger partial charge in [0.2, 0.25) is 0 Å². The Balaban J connectivity index is 1.29. The third kappa shape index (κ3) is 7.53. The topological polar surface area (TPSA) is 79.6 Å². The van der Waals surface area contributed by atoms with Crippen LogP contribution in [-0.2, 0) is 6.54 Å². The molecule has 0 unspecified atom stereocenters. The number of hydrogen-bond acceptors (Lipinski definition) is 6. The molecule has 4 rings (SSSR count). The molecular weight excluding hydrogens is 515 g/mol. The van der Waals surface area contributed by atoms with E-state index in [0.717, 1.165) is 22.4 Å². The maximum atomic E-state index is 12.3. The van der Waals surface area contributed by atoms with Crippen LogP contribution in [0, 0.1) is 0 Å². The number of benzene rings is 3. The third-order valence-corrected chi connectivity index (χ3v) is 5.49. The van der Waals surface area contributed by atoms with Gasteiger partial charge in [-0.1, -0.05) is 36.4 Å². The van der Waals surface area contributed by atoms with E-state index in [9.17, 15) is 13.2 Å². The summed E-state index contributed by atoms with van der Waals surface area (Å²) in [7, 11) is 3.98. The Bertz CT molecular complexity index is 1400. The van der Waals surface area contributed by atoms with E-state index in [1.165, 1.54) is 35.3 Å². The van der Waals surface area contributed by atoms with Gasteiger partial charge in [0.05, 0.1) is 11.9 Å². The van der Waals surface area contributed by atoms with Crippen LogP contribution < -0.4 is 20.4 Å². The lowest BCUT2D eigenvalue weighted by molar-refractivity contribution is -0.274. The van der Waals surface area contributed by atoms with Gasteiger partial charge in [0, 0.05) is 31.9 Å². The van der Waals surface area contributed by atoms with Crippen molar-refractivity contribution in [1.82, 2.24) is 25.5 Å². The van der Waals surface area contributed by atoms with Crippen molar-refractivity contribution < 1.29 is 17.9 Å². The van der Waals surface area contributed by atoms with Crippen molar-refractivity contribution in [2.45, 2.75) is 12.9 Å². The molecule has 0 aliphatic heterocycles. The Hall–Kier alpha value is -4.45. The first kappa shape index (κ1) is 26.6. The molecule has 0 saturated heterocycles. The van der Waals surface area contributed by atoms with Gasteiger partial charge >= 0.3 is 6.36 Å². The average Bonchev–Trinajstić information content (AvgIpc) is 3.38. The lowest BCUT2D eigenvalue weighted by Crippen LogP contribution is -2.31. The van der Waals surface area contributed by atoms with Gasteiger partial charge in [-0.15, -0.1) is 18.3 Å². The normalized spacial score (nSPS) is 11.4. The molecule has 0 spiro atoms. The fraction of sp³-hybridized carbons (Fsp3) is 0.154. The smallest absolute Gasteiger partial charge is 0.406 e. The van der Waals surface area contributed by atoms with Crippen LogP contribution in [-0.4, -0.2) is 46.5 Å². The van der Waals surface area contributed by atoms with Crippen molar-refractivity contribution in [3.8, 4) is 22.8 Å². The molecule has 2 N–H and O–H groups in total. The van der Waals surface area contributed by atoms with E-state index >= 15 is 0 Å². The number of hydrogen-bond donors (Lipinski definition) is 2. The molecule has 12 heteroatoms. The standard InChI is InChI=1S/C26H24F3N7OS/c1-35(2)22-5-3-4-19(14-22)15-30-25(38)33-32-16-18-6-8-20(9-7-18)24-31-17-36(34-24)21-10-12-23(13-11-21)37-26(27,28)29/h3-14,16-17H,15H2,1-2H3,(H2,30,33,38). The maximum absolute atomic E-state index is 12.3. The third-order valence-electron chi connectivity index (χ3n) is 5.26. The molecule has 0 atom stereocenters. The SMILES string of the molecule is CN(C)c1cccc(CNC(=S)NN=Cc2ccc(-c3ncn(-c4ccc(OC(F)(F)F)cc4)n3)cc2)c1. The lowest BCUT2D eigenvalue weighted by Gasteiger charge is -2.14. The minimum Gasteiger partial charge on any atom is -0.406 e. The summed E-state index contributed by atoms with van der Waals surface area (Å²) >= 11 is 5.29. The molecule has 1 aromatic heterocycles. The highest BCUT2D eigenvalue weighted by molar-refractivity contribution is 7.80. The van der Waals surface area contributed by atoms with Crippen LogP contribution in [0.3, 0.4) is 0 Å². The molecule has 3 aromatic carbocycles. The summed E-state index contributed by atoms with van der Waals surface area (Å²) in [5.74, 6) is 0.158. The molecule has 0 saturated carbocycles. The summed E-state index contributed by atoms with van der Waals surface area (Å²) < 4.78 is 42.4.